The number of nitrogens with one attached hydrogen (secondary N) is 1. The van der Waals surface area contributed by atoms with Gasteiger partial charge in [0.25, 0.3) is 0 Å². The van der Waals surface area contributed by atoms with Gasteiger partial charge in [-0.1, -0.05) is 18.2 Å². The van der Waals surface area contributed by atoms with Crippen LogP contribution in [0.1, 0.15) is 37.8 Å². The third-order valence-corrected chi connectivity index (χ3v) is 5.27. The van der Waals surface area contributed by atoms with Crippen LogP contribution in [0, 0.1) is 11.7 Å². The normalized spacial score (nSPS) is 16.8. The van der Waals surface area contributed by atoms with Crippen molar-refractivity contribution in [2.24, 2.45) is 5.92 Å². The molecule has 5 nitrogen and oxygen atoms in total. The molecule has 1 fully saturated rings. The number of amides is 1. The fourth-order valence-corrected chi connectivity index (χ4v) is 3.80. The van der Waals surface area contributed by atoms with Crippen LogP contribution in [0.3, 0.4) is 0 Å². The molecule has 162 valence electrons. The molecular formula is C24H31FN2O3. The Bertz CT molecular complexity index is 826. The Hall–Kier alpha value is -2.60. The molecule has 1 atom stereocenters. The van der Waals surface area contributed by atoms with E-state index in [-0.39, 0.29) is 17.6 Å². The van der Waals surface area contributed by atoms with Crippen LogP contribution in [-0.2, 0) is 17.9 Å². The molecule has 0 bridgehead atoms. The van der Waals surface area contributed by atoms with Crippen molar-refractivity contribution >= 4 is 5.91 Å². The molecule has 0 aromatic heterocycles. The Kier molecular flexibility index (Phi) is 8.08. The zero-order valence-electron chi connectivity index (χ0n) is 17.8. The Morgan fingerprint density at radius 2 is 1.77 bits per heavy atom. The lowest BCUT2D eigenvalue weighted by Crippen LogP contribution is -2.42. The number of carbonyl (C=O) groups excluding carboxylic acids is 1. The van der Waals surface area contributed by atoms with Gasteiger partial charge in [0.05, 0.1) is 19.1 Å². The summed E-state index contributed by atoms with van der Waals surface area (Å²) in [5.41, 5.74) is 2.05. The number of piperidine rings is 1. The second-order valence-corrected chi connectivity index (χ2v) is 7.57. The molecule has 0 spiro atoms. The van der Waals surface area contributed by atoms with Gasteiger partial charge in [-0.2, -0.15) is 0 Å². The zero-order valence-corrected chi connectivity index (χ0v) is 17.8. The van der Waals surface area contributed by atoms with Gasteiger partial charge in [0.2, 0.25) is 5.91 Å². The fourth-order valence-electron chi connectivity index (χ4n) is 3.80. The minimum absolute atomic E-state index is 0.0340. The predicted octanol–water partition coefficient (Wildman–Crippen LogP) is 4.15. The summed E-state index contributed by atoms with van der Waals surface area (Å²) in [6, 6.07) is 12.3. The third kappa shape index (κ3) is 6.20. The molecule has 0 unspecified atom stereocenters. The maximum atomic E-state index is 13.1. The van der Waals surface area contributed by atoms with Crippen LogP contribution in [0.4, 0.5) is 4.39 Å². The summed E-state index contributed by atoms with van der Waals surface area (Å²) in [6.45, 7) is 7.88. The number of benzene rings is 2. The lowest BCUT2D eigenvalue weighted by Gasteiger charge is -2.32. The summed E-state index contributed by atoms with van der Waals surface area (Å²) in [5, 5.41) is 3.07. The highest BCUT2D eigenvalue weighted by atomic mass is 19.1. The molecule has 1 aliphatic heterocycles. The van der Waals surface area contributed by atoms with Crippen LogP contribution in [0.5, 0.6) is 11.5 Å². The quantitative estimate of drug-likeness (QED) is 0.670. The van der Waals surface area contributed by atoms with E-state index >= 15 is 0 Å². The van der Waals surface area contributed by atoms with Crippen molar-refractivity contribution in [2.75, 3.05) is 26.3 Å². The first-order chi connectivity index (χ1) is 14.6. The Morgan fingerprint density at radius 3 is 2.50 bits per heavy atom. The summed E-state index contributed by atoms with van der Waals surface area (Å²) in [7, 11) is 0. The Labute approximate surface area is 178 Å². The van der Waals surface area contributed by atoms with E-state index in [4.69, 9.17) is 9.47 Å². The molecule has 0 saturated carbocycles. The van der Waals surface area contributed by atoms with Crippen LogP contribution in [0.25, 0.3) is 0 Å². The molecule has 6 heteroatoms. The van der Waals surface area contributed by atoms with Gasteiger partial charge >= 0.3 is 0 Å². The van der Waals surface area contributed by atoms with Gasteiger partial charge in [0.15, 0.2) is 11.5 Å². The molecule has 0 radical (unpaired) electrons. The number of hydrogen-bond donors (Lipinski definition) is 1. The minimum atomic E-state index is -0.226. The predicted molar refractivity (Wildman–Crippen MR) is 115 cm³/mol. The molecule has 1 amide bonds. The molecule has 1 N–H and O–H groups in total. The minimum Gasteiger partial charge on any atom is -0.490 e. The standard InChI is InChI=1S/C24H31FN2O3/c1-3-29-22-12-9-19(14-23(22)30-4-2)15-26-24(28)20-6-5-13-27(17-20)16-18-7-10-21(25)11-8-18/h7-12,14,20H,3-6,13,15-17H2,1-2H3,(H,26,28)/t20-/m1/s1. The van der Waals surface area contributed by atoms with Crippen LogP contribution in [0.2, 0.25) is 0 Å². The lowest BCUT2D eigenvalue weighted by atomic mass is 9.96. The number of hydrogen-bond acceptors (Lipinski definition) is 4. The maximum absolute atomic E-state index is 13.1. The van der Waals surface area contributed by atoms with E-state index in [0.717, 1.165) is 49.4 Å². The molecule has 1 aliphatic rings. The number of halogens is 1. The van der Waals surface area contributed by atoms with Crippen molar-refractivity contribution in [1.29, 1.82) is 0 Å². The van der Waals surface area contributed by atoms with Crippen LogP contribution in [-0.4, -0.2) is 37.1 Å². The first kappa shape index (κ1) is 22.1. The summed E-state index contributed by atoms with van der Waals surface area (Å²) in [4.78, 5) is 15.0. The largest absolute Gasteiger partial charge is 0.490 e. The zero-order chi connectivity index (χ0) is 21.3. The molecule has 30 heavy (non-hydrogen) atoms. The van der Waals surface area contributed by atoms with E-state index in [0.29, 0.717) is 25.5 Å². The monoisotopic (exact) mass is 414 g/mol. The summed E-state index contributed by atoms with van der Waals surface area (Å²) < 4.78 is 24.4. The second kappa shape index (κ2) is 11.0. The van der Waals surface area contributed by atoms with Crippen molar-refractivity contribution in [3.05, 3.63) is 59.4 Å². The van der Waals surface area contributed by atoms with Crippen molar-refractivity contribution in [3.63, 3.8) is 0 Å². The van der Waals surface area contributed by atoms with Crippen molar-refractivity contribution in [1.82, 2.24) is 10.2 Å². The van der Waals surface area contributed by atoms with E-state index < -0.39 is 0 Å². The first-order valence-electron chi connectivity index (χ1n) is 10.7. The van der Waals surface area contributed by atoms with Crippen LogP contribution >= 0.6 is 0 Å². The number of ether oxygens (including phenoxy) is 2. The van der Waals surface area contributed by atoms with E-state index in [1.165, 1.54) is 12.1 Å². The average Bonchev–Trinajstić information content (AvgIpc) is 2.76. The van der Waals surface area contributed by atoms with Crippen molar-refractivity contribution in [3.8, 4) is 11.5 Å². The van der Waals surface area contributed by atoms with Gasteiger partial charge in [0.1, 0.15) is 5.82 Å². The summed E-state index contributed by atoms with van der Waals surface area (Å²) >= 11 is 0. The maximum Gasteiger partial charge on any atom is 0.224 e. The SMILES string of the molecule is CCOc1ccc(CNC(=O)[C@@H]2CCCN(Cc3ccc(F)cc3)C2)cc1OCC. The van der Waals surface area contributed by atoms with Gasteiger partial charge in [-0.15, -0.1) is 0 Å². The smallest absolute Gasteiger partial charge is 0.224 e. The Morgan fingerprint density at radius 1 is 1.07 bits per heavy atom. The second-order valence-electron chi connectivity index (χ2n) is 7.57. The summed E-state index contributed by atoms with van der Waals surface area (Å²) in [5.74, 6) is 1.24. The highest BCUT2D eigenvalue weighted by Crippen LogP contribution is 2.28. The average molecular weight is 415 g/mol. The fraction of sp³-hybridized carbons (Fsp3) is 0.458. The van der Waals surface area contributed by atoms with Gasteiger partial charge in [-0.25, -0.2) is 4.39 Å². The molecule has 0 aliphatic carbocycles. The topological polar surface area (TPSA) is 50.8 Å². The van der Waals surface area contributed by atoms with E-state index in [1.54, 1.807) is 12.1 Å². The van der Waals surface area contributed by atoms with E-state index in [9.17, 15) is 9.18 Å². The van der Waals surface area contributed by atoms with E-state index in [2.05, 4.69) is 10.2 Å². The lowest BCUT2D eigenvalue weighted by molar-refractivity contribution is -0.126. The first-order valence-corrected chi connectivity index (χ1v) is 10.7. The van der Waals surface area contributed by atoms with Gasteiger partial charge in [-0.05, 0) is 68.6 Å². The highest BCUT2D eigenvalue weighted by Gasteiger charge is 2.25. The highest BCUT2D eigenvalue weighted by molar-refractivity contribution is 5.79. The van der Waals surface area contributed by atoms with Crippen LogP contribution in [0.15, 0.2) is 42.5 Å². The van der Waals surface area contributed by atoms with Gasteiger partial charge in [0, 0.05) is 19.6 Å². The number of likely N-dealkylation sites (tertiary alicyclic amines) is 1. The summed E-state index contributed by atoms with van der Waals surface area (Å²) in [6.07, 6.45) is 1.87. The van der Waals surface area contributed by atoms with Crippen molar-refractivity contribution < 1.29 is 18.7 Å². The third-order valence-electron chi connectivity index (χ3n) is 5.27. The molecule has 1 heterocycles. The number of nitrogens with zero attached hydrogens (tertiary/aromatic N) is 1. The number of rotatable bonds is 9. The molecule has 2 aromatic rings. The van der Waals surface area contributed by atoms with Gasteiger partial charge < -0.3 is 14.8 Å². The molecular weight excluding hydrogens is 383 g/mol. The van der Waals surface area contributed by atoms with Crippen molar-refractivity contribution in [2.45, 2.75) is 39.8 Å². The molecule has 2 aromatic carbocycles. The molecule has 3 rings (SSSR count). The molecule has 1 saturated heterocycles. The Balaban J connectivity index is 1.53. The van der Waals surface area contributed by atoms with Gasteiger partial charge in [-0.3, -0.25) is 9.69 Å². The van der Waals surface area contributed by atoms with E-state index in [1.807, 2.05) is 32.0 Å². The van der Waals surface area contributed by atoms with Crippen LogP contribution < -0.4 is 14.8 Å². The number of carbonyl (C=O) groups is 1.